The Balaban J connectivity index is 1.45. The first-order valence-electron chi connectivity index (χ1n) is 9.31. The van der Waals surface area contributed by atoms with E-state index in [0.29, 0.717) is 0 Å². The van der Waals surface area contributed by atoms with Crippen LogP contribution in [0.2, 0.25) is 0 Å². The molecule has 4 rings (SSSR count). The van der Waals surface area contributed by atoms with Crippen LogP contribution in [0.25, 0.3) is 0 Å². The summed E-state index contributed by atoms with van der Waals surface area (Å²) in [6, 6.07) is 14.0. The second-order valence-corrected chi connectivity index (χ2v) is 7.12. The van der Waals surface area contributed by atoms with Crippen LogP contribution < -0.4 is 5.32 Å². The maximum atomic E-state index is 12.4. The van der Waals surface area contributed by atoms with E-state index in [0.717, 1.165) is 47.5 Å². The van der Waals surface area contributed by atoms with Crippen molar-refractivity contribution >= 4 is 23.0 Å². The van der Waals surface area contributed by atoms with Crippen molar-refractivity contribution in [1.82, 2.24) is 0 Å². The number of hydrogen-bond acceptors (Lipinski definition) is 2. The second-order valence-electron chi connectivity index (χ2n) is 7.12. The third-order valence-electron chi connectivity index (χ3n) is 5.33. The molecule has 1 N–H and O–H groups in total. The van der Waals surface area contributed by atoms with E-state index >= 15 is 0 Å². The van der Waals surface area contributed by atoms with Gasteiger partial charge < -0.3 is 5.32 Å². The molecule has 0 aromatic heterocycles. The van der Waals surface area contributed by atoms with Gasteiger partial charge in [0, 0.05) is 23.6 Å². The summed E-state index contributed by atoms with van der Waals surface area (Å²) >= 11 is 0. The Kier molecular flexibility index (Phi) is 4.58. The highest BCUT2D eigenvalue weighted by Crippen LogP contribution is 2.30. The van der Waals surface area contributed by atoms with Crippen LogP contribution in [-0.4, -0.2) is 11.6 Å². The number of terminal acetylenes is 1. The zero-order valence-electron chi connectivity index (χ0n) is 14.8. The van der Waals surface area contributed by atoms with Crippen molar-refractivity contribution in [3.05, 3.63) is 59.2 Å². The van der Waals surface area contributed by atoms with Gasteiger partial charge in [-0.1, -0.05) is 43.4 Å². The number of aliphatic imine (C=N–C) groups is 1. The normalized spacial score (nSPS) is 16.5. The van der Waals surface area contributed by atoms with E-state index < -0.39 is 0 Å². The van der Waals surface area contributed by atoms with E-state index in [4.69, 9.17) is 11.4 Å². The van der Waals surface area contributed by atoms with Crippen LogP contribution in [0.5, 0.6) is 0 Å². The first-order valence-corrected chi connectivity index (χ1v) is 9.31. The maximum Gasteiger partial charge on any atom is 0.227 e. The molecule has 0 atom stereocenters. The van der Waals surface area contributed by atoms with Crippen molar-refractivity contribution in [3.63, 3.8) is 0 Å². The van der Waals surface area contributed by atoms with Crippen LogP contribution in [-0.2, 0) is 11.2 Å². The van der Waals surface area contributed by atoms with E-state index in [2.05, 4.69) is 17.3 Å². The van der Waals surface area contributed by atoms with Gasteiger partial charge in [-0.05, 0) is 48.2 Å². The molecule has 1 saturated carbocycles. The molecule has 3 heteroatoms. The SMILES string of the molecule is C#Cc1ccc2c(c1)N=C(c1ccc(NC(=O)C3CCCCC3)cc1)C2. The van der Waals surface area contributed by atoms with E-state index in [9.17, 15) is 4.79 Å². The Labute approximate surface area is 154 Å². The highest BCUT2D eigenvalue weighted by Gasteiger charge is 2.21. The lowest BCUT2D eigenvalue weighted by molar-refractivity contribution is -0.120. The molecular weight excluding hydrogens is 320 g/mol. The van der Waals surface area contributed by atoms with Crippen molar-refractivity contribution in [3.8, 4) is 12.3 Å². The topological polar surface area (TPSA) is 41.5 Å². The van der Waals surface area contributed by atoms with Crippen LogP contribution in [0.15, 0.2) is 47.5 Å². The fraction of sp³-hybridized carbons (Fsp3) is 0.304. The van der Waals surface area contributed by atoms with Gasteiger partial charge in [0.25, 0.3) is 0 Å². The predicted molar refractivity (Wildman–Crippen MR) is 106 cm³/mol. The molecule has 2 aromatic carbocycles. The Morgan fingerprint density at radius 2 is 1.85 bits per heavy atom. The van der Waals surface area contributed by atoms with Gasteiger partial charge in [0.15, 0.2) is 0 Å². The van der Waals surface area contributed by atoms with Gasteiger partial charge in [-0.3, -0.25) is 9.79 Å². The molecule has 2 aromatic rings. The number of fused-ring (bicyclic) bond motifs is 1. The molecule has 1 fully saturated rings. The first kappa shape index (κ1) is 16.6. The lowest BCUT2D eigenvalue weighted by Crippen LogP contribution is -2.24. The third kappa shape index (κ3) is 3.41. The molecular formula is C23H22N2O. The summed E-state index contributed by atoms with van der Waals surface area (Å²) in [5, 5.41) is 3.06. The van der Waals surface area contributed by atoms with E-state index in [1.54, 1.807) is 0 Å². The number of nitrogens with zero attached hydrogens (tertiary/aromatic N) is 1. The minimum absolute atomic E-state index is 0.157. The van der Waals surface area contributed by atoms with E-state index in [-0.39, 0.29) is 11.8 Å². The lowest BCUT2D eigenvalue weighted by Gasteiger charge is -2.20. The zero-order valence-corrected chi connectivity index (χ0v) is 14.8. The molecule has 130 valence electrons. The Hall–Kier alpha value is -2.86. The van der Waals surface area contributed by atoms with Crippen molar-refractivity contribution in [2.45, 2.75) is 38.5 Å². The summed E-state index contributed by atoms with van der Waals surface area (Å²) in [6.45, 7) is 0. The Morgan fingerprint density at radius 1 is 1.08 bits per heavy atom. The molecule has 0 unspecified atom stereocenters. The summed E-state index contributed by atoms with van der Waals surface area (Å²) in [4.78, 5) is 17.1. The largest absolute Gasteiger partial charge is 0.326 e. The molecule has 1 aliphatic heterocycles. The third-order valence-corrected chi connectivity index (χ3v) is 5.33. The van der Waals surface area contributed by atoms with Crippen molar-refractivity contribution in [2.75, 3.05) is 5.32 Å². The van der Waals surface area contributed by atoms with Gasteiger partial charge >= 0.3 is 0 Å². The van der Waals surface area contributed by atoms with E-state index in [1.165, 1.54) is 24.8 Å². The molecule has 0 spiro atoms. The molecule has 26 heavy (non-hydrogen) atoms. The Morgan fingerprint density at radius 3 is 2.58 bits per heavy atom. The highest BCUT2D eigenvalue weighted by atomic mass is 16.1. The van der Waals surface area contributed by atoms with Gasteiger partial charge in [0.1, 0.15) is 0 Å². The smallest absolute Gasteiger partial charge is 0.227 e. The number of anilines is 1. The van der Waals surface area contributed by atoms with Crippen LogP contribution in [0, 0.1) is 18.3 Å². The van der Waals surface area contributed by atoms with Crippen molar-refractivity contribution in [1.29, 1.82) is 0 Å². The standard InChI is InChI=1S/C23H22N2O/c1-2-16-8-9-19-15-22(25-21(19)14-16)17-10-12-20(13-11-17)24-23(26)18-6-4-3-5-7-18/h1,8-14,18H,3-7,15H2,(H,24,26). The zero-order chi connectivity index (χ0) is 17.9. The fourth-order valence-corrected chi connectivity index (χ4v) is 3.79. The maximum absolute atomic E-state index is 12.4. The van der Waals surface area contributed by atoms with Crippen LogP contribution in [0.4, 0.5) is 11.4 Å². The molecule has 3 nitrogen and oxygen atoms in total. The summed E-state index contributed by atoms with van der Waals surface area (Å²) in [7, 11) is 0. The van der Waals surface area contributed by atoms with Crippen LogP contribution in [0.3, 0.4) is 0 Å². The fourth-order valence-electron chi connectivity index (χ4n) is 3.79. The Bertz CT molecular complexity index is 897. The molecule has 0 bridgehead atoms. The molecule has 1 heterocycles. The van der Waals surface area contributed by atoms with Crippen molar-refractivity contribution < 1.29 is 4.79 Å². The second kappa shape index (κ2) is 7.17. The minimum atomic E-state index is 0.157. The van der Waals surface area contributed by atoms with Gasteiger partial charge in [-0.2, -0.15) is 0 Å². The highest BCUT2D eigenvalue weighted by molar-refractivity contribution is 6.07. The molecule has 2 aliphatic rings. The average molecular weight is 342 g/mol. The average Bonchev–Trinajstić information content (AvgIpc) is 3.12. The number of amides is 1. The predicted octanol–water partition coefficient (Wildman–Crippen LogP) is 4.86. The lowest BCUT2D eigenvalue weighted by atomic mass is 9.88. The number of carbonyl (C=O) groups excluding carboxylic acids is 1. The summed E-state index contributed by atoms with van der Waals surface area (Å²) in [5.74, 6) is 2.98. The summed E-state index contributed by atoms with van der Waals surface area (Å²) < 4.78 is 0. The number of carbonyl (C=O) groups is 1. The molecule has 1 amide bonds. The monoisotopic (exact) mass is 342 g/mol. The van der Waals surface area contributed by atoms with Crippen LogP contribution in [0.1, 0.15) is 48.8 Å². The number of nitrogens with one attached hydrogen (secondary N) is 1. The quantitative estimate of drug-likeness (QED) is 0.795. The van der Waals surface area contributed by atoms with E-state index in [1.807, 2.05) is 36.4 Å². The van der Waals surface area contributed by atoms with Crippen LogP contribution >= 0.6 is 0 Å². The molecule has 0 radical (unpaired) electrons. The van der Waals surface area contributed by atoms with Gasteiger partial charge in [-0.15, -0.1) is 6.42 Å². The number of rotatable bonds is 3. The summed E-state index contributed by atoms with van der Waals surface area (Å²) in [5.41, 5.74) is 6.00. The van der Waals surface area contributed by atoms with Gasteiger partial charge in [0.05, 0.1) is 11.4 Å². The molecule has 0 saturated heterocycles. The molecule has 1 aliphatic carbocycles. The van der Waals surface area contributed by atoms with Crippen molar-refractivity contribution in [2.24, 2.45) is 10.9 Å². The number of hydrogen-bond donors (Lipinski definition) is 1. The minimum Gasteiger partial charge on any atom is -0.326 e. The van der Waals surface area contributed by atoms with Gasteiger partial charge in [0.2, 0.25) is 5.91 Å². The number of benzene rings is 2. The summed E-state index contributed by atoms with van der Waals surface area (Å²) in [6.07, 6.45) is 11.9. The first-order chi connectivity index (χ1) is 12.7. The van der Waals surface area contributed by atoms with Gasteiger partial charge in [-0.25, -0.2) is 0 Å².